The van der Waals surface area contributed by atoms with E-state index in [1.807, 2.05) is 38.3 Å². The third-order valence-corrected chi connectivity index (χ3v) is 4.12. The molecule has 0 unspecified atom stereocenters. The fourth-order valence-electron chi connectivity index (χ4n) is 1.73. The van der Waals surface area contributed by atoms with Gasteiger partial charge in [0.25, 0.3) is 5.91 Å². The van der Waals surface area contributed by atoms with E-state index in [-0.39, 0.29) is 17.7 Å². The molecule has 0 saturated heterocycles. The van der Waals surface area contributed by atoms with Gasteiger partial charge in [-0.15, -0.1) is 11.3 Å². The van der Waals surface area contributed by atoms with Crippen LogP contribution in [-0.4, -0.2) is 17.5 Å². The Morgan fingerprint density at radius 3 is 2.39 bits per heavy atom. The van der Waals surface area contributed by atoms with Crippen molar-refractivity contribution in [2.24, 2.45) is 11.0 Å². The van der Waals surface area contributed by atoms with Crippen LogP contribution in [0.3, 0.4) is 0 Å². The molecule has 0 bridgehead atoms. The standard InChI is InChI=1S/C17H19N3O2S/c1-11(2)16(21)18-14-8-6-13(7-9-14)17(22)20-19-12(3)15-5-4-10-23-15/h4-11H,1-3H3,(H,18,21)(H,20,22). The number of hydrogen-bond donors (Lipinski definition) is 2. The van der Waals surface area contributed by atoms with Crippen molar-refractivity contribution in [3.63, 3.8) is 0 Å². The van der Waals surface area contributed by atoms with E-state index < -0.39 is 0 Å². The number of nitrogens with zero attached hydrogens (tertiary/aromatic N) is 1. The second-order valence-corrected chi connectivity index (χ2v) is 6.28. The van der Waals surface area contributed by atoms with E-state index in [1.54, 1.807) is 35.6 Å². The van der Waals surface area contributed by atoms with Crippen LogP contribution < -0.4 is 10.7 Å². The van der Waals surface area contributed by atoms with Crippen LogP contribution in [0.5, 0.6) is 0 Å². The van der Waals surface area contributed by atoms with Crippen molar-refractivity contribution in [3.05, 3.63) is 52.2 Å². The molecule has 0 saturated carbocycles. The van der Waals surface area contributed by atoms with Crippen LogP contribution in [0, 0.1) is 5.92 Å². The average molecular weight is 329 g/mol. The van der Waals surface area contributed by atoms with Crippen molar-refractivity contribution in [1.82, 2.24) is 5.43 Å². The minimum absolute atomic E-state index is 0.0571. The average Bonchev–Trinajstić information content (AvgIpc) is 3.07. The largest absolute Gasteiger partial charge is 0.326 e. The molecule has 2 aromatic rings. The Hall–Kier alpha value is -2.47. The van der Waals surface area contributed by atoms with E-state index in [1.165, 1.54) is 0 Å². The number of rotatable bonds is 5. The van der Waals surface area contributed by atoms with E-state index in [9.17, 15) is 9.59 Å². The highest BCUT2D eigenvalue weighted by Gasteiger charge is 2.09. The first kappa shape index (κ1) is 16.9. The molecular formula is C17H19N3O2S. The van der Waals surface area contributed by atoms with E-state index in [0.717, 1.165) is 10.6 Å². The molecule has 0 aliphatic carbocycles. The van der Waals surface area contributed by atoms with Crippen LogP contribution in [0.15, 0.2) is 46.9 Å². The third kappa shape index (κ3) is 4.75. The van der Waals surface area contributed by atoms with E-state index in [4.69, 9.17) is 0 Å². The molecule has 0 spiro atoms. The Kier molecular flexibility index (Phi) is 5.65. The normalized spacial score (nSPS) is 11.4. The van der Waals surface area contributed by atoms with Gasteiger partial charge in [-0.1, -0.05) is 19.9 Å². The summed E-state index contributed by atoms with van der Waals surface area (Å²) in [7, 11) is 0. The van der Waals surface area contributed by atoms with Crippen molar-refractivity contribution in [2.75, 3.05) is 5.32 Å². The number of nitrogens with one attached hydrogen (secondary N) is 2. The molecule has 0 radical (unpaired) electrons. The molecule has 0 atom stereocenters. The Morgan fingerprint density at radius 1 is 1.13 bits per heavy atom. The summed E-state index contributed by atoms with van der Waals surface area (Å²) in [5, 5.41) is 8.83. The first-order valence-corrected chi connectivity index (χ1v) is 8.15. The van der Waals surface area contributed by atoms with Gasteiger partial charge in [-0.3, -0.25) is 9.59 Å². The van der Waals surface area contributed by atoms with Gasteiger partial charge in [0, 0.05) is 22.0 Å². The summed E-state index contributed by atoms with van der Waals surface area (Å²) in [6.45, 7) is 5.49. The number of amides is 2. The molecule has 2 amide bonds. The summed E-state index contributed by atoms with van der Waals surface area (Å²) in [6.07, 6.45) is 0. The zero-order valence-corrected chi connectivity index (χ0v) is 14.1. The Bertz CT molecular complexity index is 704. The molecular weight excluding hydrogens is 310 g/mol. The lowest BCUT2D eigenvalue weighted by molar-refractivity contribution is -0.118. The van der Waals surface area contributed by atoms with Crippen LogP contribution >= 0.6 is 11.3 Å². The van der Waals surface area contributed by atoms with Gasteiger partial charge in [0.2, 0.25) is 5.91 Å². The first-order chi connectivity index (χ1) is 11.0. The topological polar surface area (TPSA) is 70.6 Å². The van der Waals surface area contributed by atoms with Gasteiger partial charge in [-0.25, -0.2) is 5.43 Å². The lowest BCUT2D eigenvalue weighted by Crippen LogP contribution is -2.20. The number of carbonyl (C=O) groups excluding carboxylic acids is 2. The number of thiophene rings is 1. The van der Waals surface area contributed by atoms with Gasteiger partial charge in [0.1, 0.15) is 0 Å². The summed E-state index contributed by atoms with van der Waals surface area (Å²) < 4.78 is 0. The molecule has 6 heteroatoms. The zero-order valence-electron chi connectivity index (χ0n) is 13.3. The minimum atomic E-state index is -0.289. The third-order valence-electron chi connectivity index (χ3n) is 3.14. The van der Waals surface area contributed by atoms with E-state index in [2.05, 4.69) is 15.8 Å². The number of hydrogen-bond acceptors (Lipinski definition) is 4. The second-order valence-electron chi connectivity index (χ2n) is 5.34. The molecule has 2 N–H and O–H groups in total. The second kappa shape index (κ2) is 7.69. The fourth-order valence-corrected chi connectivity index (χ4v) is 2.41. The number of carbonyl (C=O) groups is 2. The maximum absolute atomic E-state index is 12.1. The highest BCUT2D eigenvalue weighted by Crippen LogP contribution is 2.12. The predicted molar refractivity (Wildman–Crippen MR) is 93.9 cm³/mol. The molecule has 1 heterocycles. The van der Waals surface area contributed by atoms with E-state index in [0.29, 0.717) is 11.3 Å². The van der Waals surface area contributed by atoms with Gasteiger partial charge in [-0.05, 0) is 42.6 Å². The van der Waals surface area contributed by atoms with Gasteiger partial charge < -0.3 is 5.32 Å². The SMILES string of the molecule is CC(=NNC(=O)c1ccc(NC(=O)C(C)C)cc1)c1cccs1. The molecule has 0 aliphatic rings. The minimum Gasteiger partial charge on any atom is -0.326 e. The zero-order chi connectivity index (χ0) is 16.8. The van der Waals surface area contributed by atoms with Gasteiger partial charge in [0.15, 0.2) is 0 Å². The molecule has 1 aromatic heterocycles. The van der Waals surface area contributed by atoms with Crippen molar-refractivity contribution in [1.29, 1.82) is 0 Å². The van der Waals surface area contributed by atoms with Crippen molar-refractivity contribution < 1.29 is 9.59 Å². The molecule has 23 heavy (non-hydrogen) atoms. The highest BCUT2D eigenvalue weighted by molar-refractivity contribution is 7.12. The molecule has 2 rings (SSSR count). The monoisotopic (exact) mass is 329 g/mol. The van der Waals surface area contributed by atoms with Crippen molar-refractivity contribution in [2.45, 2.75) is 20.8 Å². The lowest BCUT2D eigenvalue weighted by atomic mass is 10.1. The van der Waals surface area contributed by atoms with Gasteiger partial charge in [-0.2, -0.15) is 5.10 Å². The lowest BCUT2D eigenvalue weighted by Gasteiger charge is -2.08. The summed E-state index contributed by atoms with van der Waals surface area (Å²) in [6, 6.07) is 10.6. The summed E-state index contributed by atoms with van der Waals surface area (Å²) >= 11 is 1.57. The van der Waals surface area contributed by atoms with Crippen LogP contribution in [0.4, 0.5) is 5.69 Å². The maximum Gasteiger partial charge on any atom is 0.271 e. The maximum atomic E-state index is 12.1. The van der Waals surface area contributed by atoms with Gasteiger partial charge >= 0.3 is 0 Å². The van der Waals surface area contributed by atoms with Crippen LogP contribution in [-0.2, 0) is 4.79 Å². The molecule has 1 aromatic carbocycles. The number of anilines is 1. The van der Waals surface area contributed by atoms with Crippen LogP contribution in [0.2, 0.25) is 0 Å². The molecule has 5 nitrogen and oxygen atoms in total. The van der Waals surface area contributed by atoms with E-state index >= 15 is 0 Å². The number of benzene rings is 1. The summed E-state index contributed by atoms with van der Waals surface area (Å²) in [4.78, 5) is 24.7. The molecule has 120 valence electrons. The summed E-state index contributed by atoms with van der Waals surface area (Å²) in [5.41, 5.74) is 4.44. The number of hydrazone groups is 1. The highest BCUT2D eigenvalue weighted by atomic mass is 32.1. The van der Waals surface area contributed by atoms with Crippen molar-refractivity contribution >= 4 is 34.6 Å². The Balaban J connectivity index is 1.98. The first-order valence-electron chi connectivity index (χ1n) is 7.27. The van der Waals surface area contributed by atoms with Crippen molar-refractivity contribution in [3.8, 4) is 0 Å². The fraction of sp³-hybridized carbons (Fsp3) is 0.235. The van der Waals surface area contributed by atoms with Crippen LogP contribution in [0.1, 0.15) is 36.0 Å². The van der Waals surface area contributed by atoms with Gasteiger partial charge in [0.05, 0.1) is 5.71 Å². The Labute approximate surface area is 139 Å². The van der Waals surface area contributed by atoms with Crippen LogP contribution in [0.25, 0.3) is 0 Å². The smallest absolute Gasteiger partial charge is 0.271 e. The summed E-state index contributed by atoms with van der Waals surface area (Å²) in [5.74, 6) is -0.437. The molecule has 0 aliphatic heterocycles. The predicted octanol–water partition coefficient (Wildman–Crippen LogP) is 3.50. The Morgan fingerprint density at radius 2 is 1.83 bits per heavy atom. The molecule has 0 fully saturated rings. The quantitative estimate of drug-likeness (QED) is 0.651.